The molecule has 126 valence electrons. The van der Waals surface area contributed by atoms with Crippen molar-refractivity contribution in [3.8, 4) is 0 Å². The minimum Gasteiger partial charge on any atom is -0.339 e. The fourth-order valence-electron chi connectivity index (χ4n) is 2.22. The number of amidine groups is 1. The summed E-state index contributed by atoms with van der Waals surface area (Å²) in [7, 11) is -3.84. The molecule has 0 saturated carbocycles. The van der Waals surface area contributed by atoms with Crippen molar-refractivity contribution in [2.45, 2.75) is 4.90 Å². The van der Waals surface area contributed by atoms with Gasteiger partial charge < -0.3 is 5.32 Å². The predicted octanol–water partition coefficient (Wildman–Crippen LogP) is 4.70. The molecule has 3 aromatic carbocycles. The average Bonchev–Trinajstić information content (AvgIpc) is 2.63. The minimum atomic E-state index is -3.84. The maximum Gasteiger partial charge on any atom is 0.284 e. The summed E-state index contributed by atoms with van der Waals surface area (Å²) in [5.74, 6) is 0.252. The van der Waals surface area contributed by atoms with Gasteiger partial charge in [0, 0.05) is 15.7 Å². The van der Waals surface area contributed by atoms with E-state index >= 15 is 0 Å². The standard InChI is InChI=1S/C19H15BrN2O2S/c20-18-14-8-7-13-17(18)19(21-15-9-3-1-4-10-15)22-25(23,24)16-11-5-2-6-12-16/h1-14H,(H,21,22). The Hall–Kier alpha value is -2.44. The molecule has 0 aliphatic heterocycles. The van der Waals surface area contributed by atoms with Crippen LogP contribution in [0.1, 0.15) is 5.56 Å². The first-order valence-electron chi connectivity index (χ1n) is 7.53. The molecule has 0 saturated heterocycles. The molecular weight excluding hydrogens is 400 g/mol. The Balaban J connectivity index is 2.09. The van der Waals surface area contributed by atoms with Crippen molar-refractivity contribution < 1.29 is 8.42 Å². The molecule has 0 bridgehead atoms. The van der Waals surface area contributed by atoms with Crippen LogP contribution in [0.2, 0.25) is 0 Å². The number of para-hydroxylation sites is 1. The number of anilines is 1. The number of hydrogen-bond donors (Lipinski definition) is 1. The molecule has 0 unspecified atom stereocenters. The third kappa shape index (κ3) is 4.35. The number of nitrogens with zero attached hydrogens (tertiary/aromatic N) is 1. The zero-order valence-electron chi connectivity index (χ0n) is 13.1. The highest BCUT2D eigenvalue weighted by atomic mass is 79.9. The van der Waals surface area contributed by atoms with E-state index in [0.717, 1.165) is 10.2 Å². The molecule has 0 aliphatic rings. The first-order chi connectivity index (χ1) is 12.1. The lowest BCUT2D eigenvalue weighted by molar-refractivity contribution is 0.598. The van der Waals surface area contributed by atoms with Crippen molar-refractivity contribution in [2.75, 3.05) is 5.32 Å². The third-order valence-electron chi connectivity index (χ3n) is 3.42. The number of halogens is 1. The Bertz CT molecular complexity index is 988. The fourth-order valence-corrected chi connectivity index (χ4v) is 3.68. The van der Waals surface area contributed by atoms with E-state index in [9.17, 15) is 8.42 Å². The van der Waals surface area contributed by atoms with Crippen LogP contribution in [0.5, 0.6) is 0 Å². The van der Waals surface area contributed by atoms with Crippen LogP contribution in [0, 0.1) is 0 Å². The maximum absolute atomic E-state index is 12.7. The smallest absolute Gasteiger partial charge is 0.284 e. The van der Waals surface area contributed by atoms with Crippen LogP contribution in [0.3, 0.4) is 0 Å². The van der Waals surface area contributed by atoms with E-state index in [1.54, 1.807) is 24.3 Å². The molecule has 0 heterocycles. The number of nitrogens with one attached hydrogen (secondary N) is 1. The number of benzene rings is 3. The summed E-state index contributed by atoms with van der Waals surface area (Å²) in [6.07, 6.45) is 0. The van der Waals surface area contributed by atoms with E-state index in [0.29, 0.717) is 5.56 Å². The van der Waals surface area contributed by atoms with Gasteiger partial charge in [-0.3, -0.25) is 0 Å². The van der Waals surface area contributed by atoms with Crippen molar-refractivity contribution >= 4 is 37.5 Å². The molecule has 0 spiro atoms. The second kappa shape index (κ2) is 7.63. The van der Waals surface area contributed by atoms with Crippen molar-refractivity contribution in [1.29, 1.82) is 0 Å². The molecule has 4 nitrogen and oxygen atoms in total. The lowest BCUT2D eigenvalue weighted by Gasteiger charge is -2.12. The summed E-state index contributed by atoms with van der Waals surface area (Å²) in [5.41, 5.74) is 1.41. The summed E-state index contributed by atoms with van der Waals surface area (Å²) < 4.78 is 30.2. The Morgan fingerprint density at radius 2 is 1.36 bits per heavy atom. The van der Waals surface area contributed by atoms with Crippen molar-refractivity contribution in [3.63, 3.8) is 0 Å². The summed E-state index contributed by atoms with van der Waals surface area (Å²) >= 11 is 3.46. The van der Waals surface area contributed by atoms with Crippen molar-refractivity contribution in [1.82, 2.24) is 0 Å². The molecule has 0 fully saturated rings. The van der Waals surface area contributed by atoms with Crippen LogP contribution >= 0.6 is 15.9 Å². The summed E-state index contributed by atoms with van der Waals surface area (Å²) in [5, 5.41) is 3.10. The van der Waals surface area contributed by atoms with Gasteiger partial charge >= 0.3 is 0 Å². The van der Waals surface area contributed by atoms with Crippen LogP contribution in [-0.2, 0) is 10.0 Å². The second-order valence-electron chi connectivity index (χ2n) is 5.20. The van der Waals surface area contributed by atoms with Gasteiger partial charge in [0.1, 0.15) is 0 Å². The molecule has 0 aromatic heterocycles. The van der Waals surface area contributed by atoms with Crippen LogP contribution in [-0.4, -0.2) is 14.3 Å². The van der Waals surface area contributed by atoms with Gasteiger partial charge in [-0.1, -0.05) is 70.5 Å². The largest absolute Gasteiger partial charge is 0.339 e. The van der Waals surface area contributed by atoms with E-state index in [1.165, 1.54) is 12.1 Å². The van der Waals surface area contributed by atoms with Crippen molar-refractivity contribution in [2.24, 2.45) is 4.40 Å². The Morgan fingerprint density at radius 1 is 0.800 bits per heavy atom. The minimum absolute atomic E-state index is 0.148. The van der Waals surface area contributed by atoms with Crippen LogP contribution in [0.4, 0.5) is 5.69 Å². The molecule has 6 heteroatoms. The quantitative estimate of drug-likeness (QED) is 0.497. The fraction of sp³-hybridized carbons (Fsp3) is 0. The molecular formula is C19H15BrN2O2S. The van der Waals surface area contributed by atoms with Gasteiger partial charge in [0.05, 0.1) is 4.90 Å². The van der Waals surface area contributed by atoms with Crippen LogP contribution in [0.25, 0.3) is 0 Å². The summed E-state index contributed by atoms with van der Waals surface area (Å²) in [6, 6.07) is 24.8. The number of sulfonamides is 1. The van der Waals surface area contributed by atoms with E-state index < -0.39 is 10.0 Å². The van der Waals surface area contributed by atoms with E-state index in [1.807, 2.05) is 48.5 Å². The van der Waals surface area contributed by atoms with Crippen molar-refractivity contribution in [3.05, 3.63) is 95.0 Å². The Labute approximate surface area is 155 Å². The topological polar surface area (TPSA) is 58.5 Å². The highest BCUT2D eigenvalue weighted by Crippen LogP contribution is 2.21. The third-order valence-corrected chi connectivity index (χ3v) is 5.40. The molecule has 0 radical (unpaired) electrons. The van der Waals surface area contributed by atoms with Gasteiger partial charge in [0.15, 0.2) is 5.84 Å². The lowest BCUT2D eigenvalue weighted by Crippen LogP contribution is -2.17. The Kier molecular flexibility index (Phi) is 5.31. The normalized spacial score (nSPS) is 12.0. The monoisotopic (exact) mass is 414 g/mol. The first-order valence-corrected chi connectivity index (χ1v) is 9.76. The van der Waals surface area contributed by atoms with Gasteiger partial charge in [-0.2, -0.15) is 8.42 Å². The summed E-state index contributed by atoms with van der Waals surface area (Å²) in [6.45, 7) is 0. The summed E-state index contributed by atoms with van der Waals surface area (Å²) in [4.78, 5) is 0.148. The molecule has 3 rings (SSSR count). The van der Waals surface area contributed by atoms with Gasteiger partial charge in [-0.15, -0.1) is 4.40 Å². The van der Waals surface area contributed by atoms with Gasteiger partial charge in [-0.25, -0.2) is 0 Å². The number of hydrogen-bond acceptors (Lipinski definition) is 2. The van der Waals surface area contributed by atoms with Gasteiger partial charge in [-0.05, 0) is 30.3 Å². The second-order valence-corrected chi connectivity index (χ2v) is 7.66. The predicted molar refractivity (Wildman–Crippen MR) is 104 cm³/mol. The van der Waals surface area contributed by atoms with E-state index in [2.05, 4.69) is 25.6 Å². The zero-order valence-corrected chi connectivity index (χ0v) is 15.5. The van der Waals surface area contributed by atoms with E-state index in [-0.39, 0.29) is 10.7 Å². The zero-order chi connectivity index (χ0) is 17.7. The molecule has 1 N–H and O–H groups in total. The lowest BCUT2D eigenvalue weighted by atomic mass is 10.2. The molecule has 3 aromatic rings. The highest BCUT2D eigenvalue weighted by Gasteiger charge is 2.16. The van der Waals surface area contributed by atoms with Gasteiger partial charge in [0.25, 0.3) is 10.0 Å². The SMILES string of the molecule is O=S(=O)(N=C(Nc1ccccc1)c1ccccc1Br)c1ccccc1. The highest BCUT2D eigenvalue weighted by molar-refractivity contribution is 9.10. The van der Waals surface area contributed by atoms with Crippen LogP contribution in [0.15, 0.2) is 98.7 Å². The molecule has 0 aliphatic carbocycles. The maximum atomic E-state index is 12.7. The molecule has 0 amide bonds. The molecule has 25 heavy (non-hydrogen) atoms. The number of rotatable bonds is 4. The van der Waals surface area contributed by atoms with Crippen LogP contribution < -0.4 is 5.32 Å². The average molecular weight is 415 g/mol. The Morgan fingerprint density at radius 3 is 2.00 bits per heavy atom. The molecule has 0 atom stereocenters. The first kappa shape index (κ1) is 17.4. The van der Waals surface area contributed by atoms with Gasteiger partial charge in [0.2, 0.25) is 0 Å². The van der Waals surface area contributed by atoms with E-state index in [4.69, 9.17) is 0 Å².